The molecule has 6 nitrogen and oxygen atoms in total. The van der Waals surface area contributed by atoms with Crippen molar-refractivity contribution in [2.75, 3.05) is 27.0 Å². The summed E-state index contributed by atoms with van der Waals surface area (Å²) in [5.74, 6) is 2.31. The van der Waals surface area contributed by atoms with Crippen molar-refractivity contribution in [3.63, 3.8) is 0 Å². The van der Waals surface area contributed by atoms with Crippen LogP contribution in [0.1, 0.15) is 48.8 Å². The van der Waals surface area contributed by atoms with Crippen LogP contribution in [0.2, 0.25) is 0 Å². The smallest absolute Gasteiger partial charge is 0.231 e. The van der Waals surface area contributed by atoms with Crippen LogP contribution in [0.15, 0.2) is 30.3 Å². The van der Waals surface area contributed by atoms with E-state index in [9.17, 15) is 9.90 Å². The number of phenolic OH excluding ortho intramolecular Hbond substituents is 1. The molecule has 0 saturated carbocycles. The molecule has 0 spiro atoms. The van der Waals surface area contributed by atoms with Gasteiger partial charge in [0.25, 0.3) is 0 Å². The van der Waals surface area contributed by atoms with Gasteiger partial charge in [-0.05, 0) is 55.0 Å². The number of ether oxygens (including phenoxy) is 3. The summed E-state index contributed by atoms with van der Waals surface area (Å²) in [5, 5.41) is 10.9. The molecule has 2 atom stereocenters. The predicted octanol–water partition coefficient (Wildman–Crippen LogP) is 4.22. The molecule has 2 aliphatic heterocycles. The molecule has 30 heavy (non-hydrogen) atoms. The van der Waals surface area contributed by atoms with Crippen molar-refractivity contribution in [1.82, 2.24) is 4.90 Å². The molecule has 1 N–H and O–H groups in total. The van der Waals surface area contributed by atoms with Gasteiger partial charge in [0.05, 0.1) is 7.11 Å². The average Bonchev–Trinajstić information content (AvgIpc) is 3.22. The molecular formula is C24H29NO5. The van der Waals surface area contributed by atoms with Crippen molar-refractivity contribution in [3.05, 3.63) is 47.0 Å². The Kier molecular flexibility index (Phi) is 5.75. The van der Waals surface area contributed by atoms with Gasteiger partial charge in [0.1, 0.15) is 11.5 Å². The molecule has 6 heteroatoms. The summed E-state index contributed by atoms with van der Waals surface area (Å²) in [5.41, 5.74) is 2.27. The SMILES string of the molecule is COc1ccc(C)c(O)c1C(CC(=O)N1CCCC(C)C1)c1ccc2c(c1)OCO2. The van der Waals surface area contributed by atoms with Crippen LogP contribution in [-0.2, 0) is 4.79 Å². The first-order valence-corrected chi connectivity index (χ1v) is 10.5. The number of aryl methyl sites for hydroxylation is 1. The summed E-state index contributed by atoms with van der Waals surface area (Å²) >= 11 is 0. The van der Waals surface area contributed by atoms with Crippen LogP contribution in [0.5, 0.6) is 23.0 Å². The molecule has 0 aliphatic carbocycles. The third kappa shape index (κ3) is 3.91. The van der Waals surface area contributed by atoms with Crippen LogP contribution in [0, 0.1) is 12.8 Å². The lowest BCUT2D eigenvalue weighted by molar-refractivity contribution is -0.133. The van der Waals surface area contributed by atoms with Gasteiger partial charge in [0, 0.05) is 31.0 Å². The van der Waals surface area contributed by atoms with Crippen LogP contribution < -0.4 is 14.2 Å². The van der Waals surface area contributed by atoms with E-state index in [1.807, 2.05) is 42.2 Å². The van der Waals surface area contributed by atoms with E-state index in [2.05, 4.69) is 6.92 Å². The molecule has 0 bridgehead atoms. The van der Waals surface area contributed by atoms with Crippen LogP contribution in [0.3, 0.4) is 0 Å². The number of nitrogens with zero attached hydrogens (tertiary/aromatic N) is 1. The summed E-state index contributed by atoms with van der Waals surface area (Å²) in [6.07, 6.45) is 2.43. The van der Waals surface area contributed by atoms with Crippen LogP contribution in [0.4, 0.5) is 0 Å². The van der Waals surface area contributed by atoms with Gasteiger partial charge >= 0.3 is 0 Å². The number of benzene rings is 2. The first-order chi connectivity index (χ1) is 14.5. The maximum absolute atomic E-state index is 13.3. The number of piperidine rings is 1. The first kappa shape index (κ1) is 20.4. The van der Waals surface area contributed by atoms with Gasteiger partial charge in [0.15, 0.2) is 11.5 Å². The minimum absolute atomic E-state index is 0.0900. The first-order valence-electron chi connectivity index (χ1n) is 10.5. The van der Waals surface area contributed by atoms with Crippen molar-refractivity contribution in [1.29, 1.82) is 0 Å². The fraction of sp³-hybridized carbons (Fsp3) is 0.458. The van der Waals surface area contributed by atoms with E-state index < -0.39 is 0 Å². The van der Waals surface area contributed by atoms with Crippen LogP contribution in [-0.4, -0.2) is 42.9 Å². The summed E-state index contributed by atoms with van der Waals surface area (Å²) in [6, 6.07) is 9.36. The van der Waals surface area contributed by atoms with Gasteiger partial charge in [-0.1, -0.05) is 19.1 Å². The van der Waals surface area contributed by atoms with E-state index in [1.54, 1.807) is 7.11 Å². The largest absolute Gasteiger partial charge is 0.507 e. The number of carbonyl (C=O) groups excluding carboxylic acids is 1. The van der Waals surface area contributed by atoms with Gasteiger partial charge in [-0.15, -0.1) is 0 Å². The third-order valence-electron chi connectivity index (χ3n) is 6.13. The maximum Gasteiger partial charge on any atom is 0.231 e. The Labute approximate surface area is 177 Å². The maximum atomic E-state index is 13.3. The molecule has 0 aromatic heterocycles. The van der Waals surface area contributed by atoms with Crippen LogP contribution in [0.25, 0.3) is 0 Å². The second kappa shape index (κ2) is 8.46. The van der Waals surface area contributed by atoms with Crippen molar-refractivity contribution in [2.45, 2.75) is 39.0 Å². The van der Waals surface area contributed by atoms with Crippen molar-refractivity contribution < 1.29 is 24.1 Å². The minimum atomic E-state index is -0.362. The molecule has 0 radical (unpaired) electrons. The number of hydrogen-bond donors (Lipinski definition) is 1. The standard InChI is InChI=1S/C24H29NO5/c1-15-5-4-10-25(13-15)22(26)12-18(17-7-9-19-21(11-17)30-14-29-19)23-20(28-3)8-6-16(2)24(23)27/h6-9,11,15,18,27H,4-5,10,12-14H2,1-3H3. The minimum Gasteiger partial charge on any atom is -0.507 e. The zero-order valence-electron chi connectivity index (χ0n) is 17.8. The number of phenols is 1. The Bertz CT molecular complexity index is 941. The molecule has 160 valence electrons. The predicted molar refractivity (Wildman–Crippen MR) is 113 cm³/mol. The van der Waals surface area contributed by atoms with Gasteiger partial charge < -0.3 is 24.2 Å². The Morgan fingerprint density at radius 1 is 1.27 bits per heavy atom. The summed E-state index contributed by atoms with van der Waals surface area (Å²) < 4.78 is 16.6. The summed E-state index contributed by atoms with van der Waals surface area (Å²) in [4.78, 5) is 15.2. The normalized spacial score (nSPS) is 18.9. The molecule has 2 unspecified atom stereocenters. The highest BCUT2D eigenvalue weighted by atomic mass is 16.7. The second-order valence-corrected chi connectivity index (χ2v) is 8.30. The fourth-order valence-electron chi connectivity index (χ4n) is 4.45. The highest BCUT2D eigenvalue weighted by molar-refractivity contribution is 5.78. The quantitative estimate of drug-likeness (QED) is 0.798. The zero-order chi connectivity index (χ0) is 21.3. The Morgan fingerprint density at radius 3 is 2.83 bits per heavy atom. The van der Waals surface area contributed by atoms with E-state index >= 15 is 0 Å². The Balaban J connectivity index is 1.74. The van der Waals surface area contributed by atoms with E-state index in [1.165, 1.54) is 0 Å². The number of amides is 1. The highest BCUT2D eigenvalue weighted by Gasteiger charge is 2.30. The highest BCUT2D eigenvalue weighted by Crippen LogP contribution is 2.44. The third-order valence-corrected chi connectivity index (χ3v) is 6.13. The monoisotopic (exact) mass is 411 g/mol. The number of fused-ring (bicyclic) bond motifs is 1. The van der Waals surface area contributed by atoms with Gasteiger partial charge in [-0.3, -0.25) is 4.79 Å². The topological polar surface area (TPSA) is 68.2 Å². The van der Waals surface area contributed by atoms with E-state index in [-0.39, 0.29) is 30.8 Å². The number of aromatic hydroxyl groups is 1. The molecule has 2 heterocycles. The molecule has 1 amide bonds. The van der Waals surface area contributed by atoms with Crippen molar-refractivity contribution in [2.24, 2.45) is 5.92 Å². The molecule has 1 fully saturated rings. The van der Waals surface area contributed by atoms with Crippen molar-refractivity contribution in [3.8, 4) is 23.0 Å². The van der Waals surface area contributed by atoms with Crippen LogP contribution >= 0.6 is 0 Å². The van der Waals surface area contributed by atoms with E-state index in [0.29, 0.717) is 28.7 Å². The van der Waals surface area contributed by atoms with E-state index in [0.717, 1.165) is 37.1 Å². The van der Waals surface area contributed by atoms with E-state index in [4.69, 9.17) is 14.2 Å². The number of hydrogen-bond acceptors (Lipinski definition) is 5. The lowest BCUT2D eigenvalue weighted by Gasteiger charge is -2.32. The number of methoxy groups -OCH3 is 1. The molecule has 2 aliphatic rings. The fourth-order valence-corrected chi connectivity index (χ4v) is 4.45. The summed E-state index contributed by atoms with van der Waals surface area (Å²) in [7, 11) is 1.58. The molecule has 4 rings (SSSR count). The Hall–Kier alpha value is -2.89. The lowest BCUT2D eigenvalue weighted by Crippen LogP contribution is -2.39. The van der Waals surface area contributed by atoms with Gasteiger partial charge in [-0.25, -0.2) is 0 Å². The molecule has 2 aromatic rings. The average molecular weight is 411 g/mol. The zero-order valence-corrected chi connectivity index (χ0v) is 17.8. The summed E-state index contributed by atoms with van der Waals surface area (Å²) in [6.45, 7) is 5.79. The van der Waals surface area contributed by atoms with Gasteiger partial charge in [0.2, 0.25) is 12.7 Å². The lowest BCUT2D eigenvalue weighted by atomic mass is 9.85. The molecular weight excluding hydrogens is 382 g/mol. The van der Waals surface area contributed by atoms with Gasteiger partial charge in [-0.2, -0.15) is 0 Å². The molecule has 1 saturated heterocycles. The number of likely N-dealkylation sites (tertiary alicyclic amines) is 1. The second-order valence-electron chi connectivity index (χ2n) is 8.30. The number of rotatable bonds is 5. The molecule has 2 aromatic carbocycles. The van der Waals surface area contributed by atoms with Crippen molar-refractivity contribution >= 4 is 5.91 Å². The Morgan fingerprint density at radius 2 is 2.07 bits per heavy atom. The number of carbonyl (C=O) groups is 1.